The summed E-state index contributed by atoms with van der Waals surface area (Å²) in [4.78, 5) is 0. The topological polar surface area (TPSA) is 9.86 Å². The molecule has 0 bridgehead atoms. The van der Waals surface area contributed by atoms with Gasteiger partial charge in [0.15, 0.2) is 0 Å². The lowest BCUT2D eigenvalue weighted by Crippen LogP contribution is -1.98. The van der Waals surface area contributed by atoms with Crippen molar-refractivity contribution < 1.29 is 0 Å². The van der Waals surface area contributed by atoms with Gasteiger partial charge in [0.25, 0.3) is 0 Å². The molecule has 0 saturated carbocycles. The molecule has 0 atom stereocenters. The maximum atomic E-state index is 2.40. The number of nitrogens with zero attached hydrogens (tertiary/aromatic N) is 2. The van der Waals surface area contributed by atoms with Crippen molar-refractivity contribution in [3.8, 4) is 11.4 Å². The van der Waals surface area contributed by atoms with Crippen LogP contribution in [0.2, 0.25) is 0 Å². The van der Waals surface area contributed by atoms with E-state index in [1.165, 1.54) is 62.1 Å². The Balaban J connectivity index is 1.54. The van der Waals surface area contributed by atoms with Crippen LogP contribution in [0.3, 0.4) is 0 Å². The van der Waals surface area contributed by atoms with E-state index < -0.39 is 0 Å². The Morgan fingerprint density at radius 1 is 0.382 bits per heavy atom. The van der Waals surface area contributed by atoms with Gasteiger partial charge in [-0.25, -0.2) is 0 Å². The first kappa shape index (κ1) is 20.5. The first-order chi connectivity index (χ1) is 16.7. The van der Waals surface area contributed by atoms with Crippen molar-refractivity contribution in [2.75, 3.05) is 0 Å². The molecular weight excluding hydrogens is 642 g/mol. The van der Waals surface area contributed by atoms with E-state index >= 15 is 0 Å². The highest BCUT2D eigenvalue weighted by molar-refractivity contribution is 14.1. The van der Waals surface area contributed by atoms with E-state index in [1.807, 2.05) is 0 Å². The molecule has 2 aromatic heterocycles. The number of hydrogen-bond acceptors (Lipinski definition) is 0. The van der Waals surface area contributed by atoms with Crippen LogP contribution in [0.25, 0.3) is 55.0 Å². The van der Waals surface area contributed by atoms with E-state index in [-0.39, 0.29) is 0 Å². The Bertz CT molecular complexity index is 1760. The van der Waals surface area contributed by atoms with Crippen LogP contribution in [0.15, 0.2) is 109 Å². The largest absolute Gasteiger partial charge is 0.309 e. The lowest BCUT2D eigenvalue weighted by Gasteiger charge is -2.13. The number of halogens is 2. The quantitative estimate of drug-likeness (QED) is 0.164. The van der Waals surface area contributed by atoms with Crippen molar-refractivity contribution in [2.24, 2.45) is 0 Å². The van der Waals surface area contributed by atoms with Crippen molar-refractivity contribution in [2.45, 2.75) is 0 Å². The molecular formula is C30H18I2N2. The number of benzene rings is 5. The Morgan fingerprint density at radius 3 is 1.32 bits per heavy atom. The van der Waals surface area contributed by atoms with Gasteiger partial charge in [0, 0.05) is 40.1 Å². The third-order valence-corrected chi connectivity index (χ3v) is 7.96. The number of hydrogen-bond donors (Lipinski definition) is 0. The third-order valence-electron chi connectivity index (χ3n) is 6.62. The summed E-state index contributed by atoms with van der Waals surface area (Å²) in [5, 5.41) is 5.15. The maximum Gasteiger partial charge on any atom is 0.0541 e. The molecule has 0 fully saturated rings. The average molecular weight is 660 g/mol. The second-order valence-electron chi connectivity index (χ2n) is 8.55. The third kappa shape index (κ3) is 3.04. The lowest BCUT2D eigenvalue weighted by molar-refractivity contribution is 1.13. The minimum atomic E-state index is 1.17. The van der Waals surface area contributed by atoms with Gasteiger partial charge in [0.2, 0.25) is 0 Å². The minimum Gasteiger partial charge on any atom is -0.309 e. The van der Waals surface area contributed by atoms with Gasteiger partial charge >= 0.3 is 0 Å². The second kappa shape index (κ2) is 7.85. The zero-order chi connectivity index (χ0) is 22.8. The van der Waals surface area contributed by atoms with E-state index in [4.69, 9.17) is 0 Å². The standard InChI is InChI=1S/C30H18I2N2/c31-19-12-14-29-25(16-19)23-8-1-3-10-27(23)33(29)21-6-5-7-22(18-21)34-28-11-4-2-9-24(28)26-17-20(32)13-15-30(26)34/h1-18H. The average Bonchev–Trinajstić information content (AvgIpc) is 3.36. The fourth-order valence-electron chi connectivity index (χ4n) is 5.22. The Hall–Kier alpha value is -2.84. The van der Waals surface area contributed by atoms with Gasteiger partial charge in [-0.15, -0.1) is 0 Å². The summed E-state index contributed by atoms with van der Waals surface area (Å²) in [6, 6.07) is 39.7. The van der Waals surface area contributed by atoms with Crippen molar-refractivity contribution in [1.82, 2.24) is 9.13 Å². The molecule has 4 heteroatoms. The smallest absolute Gasteiger partial charge is 0.0541 e. The van der Waals surface area contributed by atoms with Crippen molar-refractivity contribution in [3.05, 3.63) is 116 Å². The van der Waals surface area contributed by atoms with E-state index in [0.29, 0.717) is 0 Å². The minimum absolute atomic E-state index is 1.17. The summed E-state index contributed by atoms with van der Waals surface area (Å²) >= 11 is 4.80. The molecule has 5 aromatic carbocycles. The fraction of sp³-hybridized carbons (Fsp3) is 0. The van der Waals surface area contributed by atoms with Gasteiger partial charge in [0.05, 0.1) is 22.1 Å². The first-order valence-corrected chi connectivity index (χ1v) is 13.3. The highest BCUT2D eigenvalue weighted by Gasteiger charge is 2.15. The number of fused-ring (bicyclic) bond motifs is 6. The Kier molecular flexibility index (Phi) is 4.74. The number of rotatable bonds is 2. The molecule has 34 heavy (non-hydrogen) atoms. The van der Waals surface area contributed by atoms with Gasteiger partial charge in [-0.05, 0) is 112 Å². The van der Waals surface area contributed by atoms with E-state index in [9.17, 15) is 0 Å². The molecule has 0 unspecified atom stereocenters. The summed E-state index contributed by atoms with van der Waals surface area (Å²) in [7, 11) is 0. The summed E-state index contributed by atoms with van der Waals surface area (Å²) in [5.41, 5.74) is 7.26. The predicted molar refractivity (Wildman–Crippen MR) is 161 cm³/mol. The molecule has 0 aliphatic heterocycles. The van der Waals surface area contributed by atoms with Gasteiger partial charge in [-0.2, -0.15) is 0 Å². The molecule has 0 N–H and O–H groups in total. The Labute approximate surface area is 224 Å². The fourth-order valence-corrected chi connectivity index (χ4v) is 6.20. The highest BCUT2D eigenvalue weighted by Crippen LogP contribution is 2.36. The van der Waals surface area contributed by atoms with Crippen LogP contribution in [0, 0.1) is 7.14 Å². The highest BCUT2D eigenvalue weighted by atomic mass is 127. The maximum absolute atomic E-state index is 2.40. The Morgan fingerprint density at radius 2 is 0.824 bits per heavy atom. The molecule has 7 rings (SSSR count). The van der Waals surface area contributed by atoms with E-state index in [1.54, 1.807) is 0 Å². The molecule has 7 aromatic rings. The van der Waals surface area contributed by atoms with E-state index in [0.717, 1.165) is 0 Å². The monoisotopic (exact) mass is 660 g/mol. The van der Waals surface area contributed by atoms with Gasteiger partial charge in [0.1, 0.15) is 0 Å². The summed E-state index contributed by atoms with van der Waals surface area (Å²) < 4.78 is 7.28. The zero-order valence-corrected chi connectivity index (χ0v) is 22.4. The summed E-state index contributed by atoms with van der Waals surface area (Å²) in [5.74, 6) is 0. The van der Waals surface area contributed by atoms with Crippen LogP contribution >= 0.6 is 45.2 Å². The zero-order valence-electron chi connectivity index (χ0n) is 18.0. The molecule has 162 valence electrons. The SMILES string of the molecule is Ic1ccc2c(c1)c1ccccc1n2-c1cccc(-n2c3ccccc3c3cc(I)ccc32)c1. The predicted octanol–water partition coefficient (Wildman–Crippen LogP) is 9.09. The van der Waals surface area contributed by atoms with Gasteiger partial charge in [-0.1, -0.05) is 42.5 Å². The van der Waals surface area contributed by atoms with Crippen LogP contribution in [0.1, 0.15) is 0 Å². The lowest BCUT2D eigenvalue weighted by atomic mass is 10.2. The van der Waals surface area contributed by atoms with Crippen LogP contribution in [0.5, 0.6) is 0 Å². The van der Waals surface area contributed by atoms with Gasteiger partial charge < -0.3 is 9.13 Å². The molecule has 0 radical (unpaired) electrons. The number of para-hydroxylation sites is 2. The van der Waals surface area contributed by atoms with Crippen molar-refractivity contribution in [3.63, 3.8) is 0 Å². The molecule has 0 spiro atoms. The normalized spacial score (nSPS) is 11.8. The molecule has 0 saturated heterocycles. The van der Waals surface area contributed by atoms with Gasteiger partial charge in [-0.3, -0.25) is 0 Å². The van der Waals surface area contributed by atoms with E-state index in [2.05, 4.69) is 164 Å². The second-order valence-corrected chi connectivity index (χ2v) is 11.0. The molecule has 0 aliphatic rings. The van der Waals surface area contributed by atoms with Crippen LogP contribution in [-0.2, 0) is 0 Å². The van der Waals surface area contributed by atoms with Crippen LogP contribution in [0.4, 0.5) is 0 Å². The number of aromatic nitrogens is 2. The summed E-state index contributed by atoms with van der Waals surface area (Å²) in [6.07, 6.45) is 0. The first-order valence-electron chi connectivity index (χ1n) is 11.2. The summed E-state index contributed by atoms with van der Waals surface area (Å²) in [6.45, 7) is 0. The van der Waals surface area contributed by atoms with Crippen LogP contribution in [-0.4, -0.2) is 9.13 Å². The van der Waals surface area contributed by atoms with Crippen LogP contribution < -0.4 is 0 Å². The molecule has 2 nitrogen and oxygen atoms in total. The molecule has 2 heterocycles. The molecule has 0 amide bonds. The molecule has 0 aliphatic carbocycles. The van der Waals surface area contributed by atoms with Crippen molar-refractivity contribution in [1.29, 1.82) is 0 Å². The van der Waals surface area contributed by atoms with Crippen molar-refractivity contribution >= 4 is 88.8 Å².